The highest BCUT2D eigenvalue weighted by molar-refractivity contribution is 7.91. The van der Waals surface area contributed by atoms with Crippen molar-refractivity contribution >= 4 is 44.7 Å². The number of sulfonamides is 1. The first kappa shape index (κ1) is 43.9. The van der Waals surface area contributed by atoms with Gasteiger partial charge in [-0.05, 0) is 88.8 Å². The zero-order valence-electron chi connectivity index (χ0n) is 36.2. The molecule has 1 saturated heterocycles. The Morgan fingerprint density at radius 3 is 2.31 bits per heavy atom. The number of hydrogen-bond acceptors (Lipinski definition) is 10. The van der Waals surface area contributed by atoms with Crippen LogP contribution in [0.25, 0.3) is 10.9 Å². The molecule has 0 bridgehead atoms. The molecule has 1 aromatic heterocycles. The van der Waals surface area contributed by atoms with Gasteiger partial charge in [0.25, 0.3) is 5.91 Å². The molecule has 3 N–H and O–H groups in total. The second-order valence-corrected chi connectivity index (χ2v) is 21.3. The lowest BCUT2D eigenvalue weighted by atomic mass is 9.85. The van der Waals surface area contributed by atoms with E-state index in [4.69, 9.17) is 19.2 Å². The first-order valence-corrected chi connectivity index (χ1v) is 22.7. The van der Waals surface area contributed by atoms with E-state index in [9.17, 15) is 27.6 Å². The third-order valence-electron chi connectivity index (χ3n) is 12.3. The number of aromatic nitrogens is 1. The number of aryl methyl sites for hydroxylation is 1. The van der Waals surface area contributed by atoms with Crippen LogP contribution in [0.15, 0.2) is 67.3 Å². The molecular formula is C46H59N5O9S. The summed E-state index contributed by atoms with van der Waals surface area (Å²) in [6.45, 7) is 14.4. The summed E-state index contributed by atoms with van der Waals surface area (Å²) in [5.74, 6) is -1.11. The topological polar surface area (TPSA) is 182 Å². The normalized spacial score (nSPS) is 23.7. The summed E-state index contributed by atoms with van der Waals surface area (Å²) < 4.78 is 46.7. The van der Waals surface area contributed by atoms with Gasteiger partial charge in [0.2, 0.25) is 21.8 Å². The summed E-state index contributed by atoms with van der Waals surface area (Å²) in [6.07, 6.45) is 3.94. The Kier molecular flexibility index (Phi) is 11.7. The molecule has 3 aromatic rings. The fourth-order valence-corrected chi connectivity index (χ4v) is 9.92. The van der Waals surface area contributed by atoms with Crippen LogP contribution in [0, 0.1) is 11.3 Å². The number of pyridine rings is 1. The van der Waals surface area contributed by atoms with Crippen LogP contribution >= 0.6 is 0 Å². The summed E-state index contributed by atoms with van der Waals surface area (Å²) in [5.41, 5.74) is -0.698. The highest BCUT2D eigenvalue weighted by Crippen LogP contribution is 2.49. The van der Waals surface area contributed by atoms with E-state index in [1.165, 1.54) is 11.0 Å². The number of likely N-dealkylation sites (tertiary alicyclic amines) is 1. The van der Waals surface area contributed by atoms with Crippen LogP contribution in [0.1, 0.15) is 104 Å². The van der Waals surface area contributed by atoms with E-state index in [-0.39, 0.29) is 19.4 Å². The molecule has 4 amide bonds. The molecule has 2 heterocycles. The molecule has 0 radical (unpaired) electrons. The zero-order valence-corrected chi connectivity index (χ0v) is 37.0. The Morgan fingerprint density at radius 2 is 1.72 bits per heavy atom. The Balaban J connectivity index is 1.16. The summed E-state index contributed by atoms with van der Waals surface area (Å²) in [4.78, 5) is 63.0. The molecule has 14 nitrogen and oxygen atoms in total. The molecule has 5 atom stereocenters. The van der Waals surface area contributed by atoms with E-state index >= 15 is 0 Å². The number of fused-ring (bicyclic) bond motifs is 1. The van der Waals surface area contributed by atoms with E-state index in [0.29, 0.717) is 48.6 Å². The van der Waals surface area contributed by atoms with Gasteiger partial charge in [0.05, 0.1) is 23.9 Å². The molecule has 7 rings (SSSR count). The number of carbonyl (C=O) groups is 4. The quantitative estimate of drug-likeness (QED) is 0.152. The van der Waals surface area contributed by atoms with Crippen molar-refractivity contribution < 1.29 is 41.8 Å². The van der Waals surface area contributed by atoms with Crippen molar-refractivity contribution in [2.45, 2.75) is 133 Å². The summed E-state index contributed by atoms with van der Waals surface area (Å²) in [6, 6.07) is 14.7. The van der Waals surface area contributed by atoms with Crippen molar-refractivity contribution in [3.8, 4) is 11.5 Å². The number of ether oxygens (including phenoxy) is 3. The predicted molar refractivity (Wildman–Crippen MR) is 230 cm³/mol. The number of nitrogens with zero attached hydrogens (tertiary/aromatic N) is 2. The molecule has 5 unspecified atom stereocenters. The first-order chi connectivity index (χ1) is 28.7. The molecule has 3 aliphatic carbocycles. The monoisotopic (exact) mass is 857 g/mol. The number of methoxy groups -OCH3 is 1. The van der Waals surface area contributed by atoms with E-state index < -0.39 is 79.2 Å². The molecular weight excluding hydrogens is 799 g/mol. The smallest absolute Gasteiger partial charge is 0.408 e. The second-order valence-electron chi connectivity index (χ2n) is 19.2. The van der Waals surface area contributed by atoms with E-state index in [1.54, 1.807) is 48.7 Å². The van der Waals surface area contributed by atoms with E-state index in [1.807, 2.05) is 54.6 Å². The number of rotatable bonds is 15. The molecule has 0 spiro atoms. The van der Waals surface area contributed by atoms with Gasteiger partial charge in [-0.15, -0.1) is 6.58 Å². The molecule has 2 aromatic carbocycles. The number of hydrogen-bond donors (Lipinski definition) is 3. The van der Waals surface area contributed by atoms with Gasteiger partial charge in [-0.2, -0.15) is 0 Å². The van der Waals surface area contributed by atoms with Gasteiger partial charge in [-0.3, -0.25) is 24.1 Å². The van der Waals surface area contributed by atoms with Crippen molar-refractivity contribution in [2.24, 2.45) is 11.3 Å². The largest absolute Gasteiger partial charge is 0.497 e. The van der Waals surface area contributed by atoms with Crippen LogP contribution in [-0.2, 0) is 35.6 Å². The van der Waals surface area contributed by atoms with Crippen molar-refractivity contribution in [3.05, 3.63) is 78.5 Å². The lowest BCUT2D eigenvalue weighted by molar-refractivity contribution is -0.143. The van der Waals surface area contributed by atoms with Gasteiger partial charge >= 0.3 is 6.09 Å². The minimum Gasteiger partial charge on any atom is -0.497 e. The molecule has 4 fully saturated rings. The SMILES string of the molecule is C=CC1CC1(NC(=O)C1CC(Oc2cc(C3CC3)nc3cc(OC)ccc23)CN1C(=O)C(NC(=O)OC(C)(C)C)C(C)(C)C)C(=O)NS(=O)(=O)C1(CCc2ccccc2)CC1. The third kappa shape index (κ3) is 9.51. The van der Waals surface area contributed by atoms with Crippen molar-refractivity contribution in [1.82, 2.24) is 25.2 Å². The highest BCUT2D eigenvalue weighted by Gasteiger charge is 2.63. The standard InChI is InChI=1S/C46H59N5O9S/c1-9-30-26-46(30,41(54)50-61(56,57)45(21-22-45)20-19-28-13-11-10-12-14-28)49-39(52)36-24-32(27-51(36)40(53)38(43(2,3)4)48-42(55)60-44(5,6)7)59-37-25-34(29-15-16-29)47-35-23-31(58-8)17-18-33(35)37/h9-14,17-18,23,25,29-30,32,36,38H,1,15-16,19-22,24,26-27H2,2-8H3,(H,48,55)(H,49,52)(H,50,54). The molecule has 61 heavy (non-hydrogen) atoms. The Bertz CT molecular complexity index is 2310. The molecule has 328 valence electrons. The molecule has 1 aliphatic heterocycles. The van der Waals surface area contributed by atoms with Crippen LogP contribution in [-0.4, -0.2) is 89.8 Å². The van der Waals surface area contributed by atoms with Crippen LogP contribution in [0.4, 0.5) is 4.79 Å². The molecule has 3 saturated carbocycles. The number of amides is 4. The molecule has 15 heteroatoms. The maximum absolute atomic E-state index is 14.8. The average Bonchev–Trinajstić information content (AvgIpc) is 4.11. The number of alkyl carbamates (subject to hydrolysis) is 1. The van der Waals surface area contributed by atoms with Crippen LogP contribution in [0.3, 0.4) is 0 Å². The van der Waals surface area contributed by atoms with Crippen molar-refractivity contribution in [1.29, 1.82) is 0 Å². The van der Waals surface area contributed by atoms with Crippen LogP contribution in [0.5, 0.6) is 11.5 Å². The number of carbonyl (C=O) groups excluding carboxylic acids is 4. The van der Waals surface area contributed by atoms with Gasteiger partial charge in [-0.25, -0.2) is 13.2 Å². The summed E-state index contributed by atoms with van der Waals surface area (Å²) in [5, 5.41) is 6.36. The number of nitrogens with one attached hydrogen (secondary N) is 3. The maximum Gasteiger partial charge on any atom is 0.408 e. The highest BCUT2D eigenvalue weighted by atomic mass is 32.2. The van der Waals surface area contributed by atoms with Gasteiger partial charge in [0.1, 0.15) is 40.8 Å². The Morgan fingerprint density at radius 1 is 1.02 bits per heavy atom. The first-order valence-electron chi connectivity index (χ1n) is 21.2. The van der Waals surface area contributed by atoms with Gasteiger partial charge in [0, 0.05) is 41.5 Å². The van der Waals surface area contributed by atoms with E-state index in [0.717, 1.165) is 29.5 Å². The lowest BCUT2D eigenvalue weighted by Gasteiger charge is -2.36. The minimum absolute atomic E-state index is 0.0272. The van der Waals surface area contributed by atoms with Gasteiger partial charge in [0.15, 0.2) is 0 Å². The van der Waals surface area contributed by atoms with Gasteiger partial charge < -0.3 is 29.7 Å². The maximum atomic E-state index is 14.8. The average molecular weight is 858 g/mol. The van der Waals surface area contributed by atoms with Gasteiger partial charge in [-0.1, -0.05) is 57.2 Å². The van der Waals surface area contributed by atoms with Crippen molar-refractivity contribution in [2.75, 3.05) is 13.7 Å². The zero-order chi connectivity index (χ0) is 44.1. The Labute approximate surface area is 358 Å². The fourth-order valence-electron chi connectivity index (χ4n) is 8.27. The summed E-state index contributed by atoms with van der Waals surface area (Å²) >= 11 is 0. The second kappa shape index (κ2) is 16.3. The number of benzene rings is 2. The third-order valence-corrected chi connectivity index (χ3v) is 14.5. The van der Waals surface area contributed by atoms with E-state index in [2.05, 4.69) is 21.9 Å². The van der Waals surface area contributed by atoms with Crippen molar-refractivity contribution in [3.63, 3.8) is 0 Å². The summed E-state index contributed by atoms with van der Waals surface area (Å²) in [7, 11) is -2.54. The predicted octanol–water partition coefficient (Wildman–Crippen LogP) is 6.08. The lowest BCUT2D eigenvalue weighted by Crippen LogP contribution is -2.60. The fraction of sp³-hybridized carbons (Fsp3) is 0.543. The minimum atomic E-state index is -4.13. The Hall–Kier alpha value is -5.18. The van der Waals surface area contributed by atoms with Crippen LogP contribution in [0.2, 0.25) is 0 Å². The molecule has 4 aliphatic rings. The van der Waals surface area contributed by atoms with Crippen LogP contribution < -0.4 is 24.8 Å².